The predicted octanol–water partition coefficient (Wildman–Crippen LogP) is 5.13. The van der Waals surface area contributed by atoms with E-state index in [1.54, 1.807) is 13.0 Å². The van der Waals surface area contributed by atoms with Crippen molar-refractivity contribution >= 4 is 34.6 Å². The molecule has 0 saturated carbocycles. The first kappa shape index (κ1) is 13.2. The standard InChI is InChI=1S/C16H15FN2S2/c1-9-7-14-12(8-11(9)17)18-16(20)19(14)13-3-2-4-15-10(13)5-6-21-15/h5-8,13H,2-4H2,1H3,(H,18,20). The molecule has 2 nitrogen and oxygen atoms in total. The second-order valence-electron chi connectivity index (χ2n) is 5.63. The Labute approximate surface area is 131 Å². The highest BCUT2D eigenvalue weighted by Crippen LogP contribution is 2.38. The Hall–Kier alpha value is -1.46. The monoisotopic (exact) mass is 318 g/mol. The van der Waals surface area contributed by atoms with E-state index in [-0.39, 0.29) is 11.9 Å². The first-order valence-electron chi connectivity index (χ1n) is 7.12. The number of H-pyrrole nitrogens is 1. The maximum Gasteiger partial charge on any atom is 0.178 e. The Morgan fingerprint density at radius 1 is 1.43 bits per heavy atom. The van der Waals surface area contributed by atoms with Gasteiger partial charge in [-0.1, -0.05) is 0 Å². The van der Waals surface area contributed by atoms with Crippen LogP contribution in [0.5, 0.6) is 0 Å². The molecule has 1 atom stereocenters. The summed E-state index contributed by atoms with van der Waals surface area (Å²) in [4.78, 5) is 4.62. The average Bonchev–Trinajstić information content (AvgIpc) is 3.03. The lowest BCUT2D eigenvalue weighted by Crippen LogP contribution is -2.15. The Morgan fingerprint density at radius 2 is 2.29 bits per heavy atom. The summed E-state index contributed by atoms with van der Waals surface area (Å²) in [6, 6.07) is 5.93. The fraction of sp³-hybridized carbons (Fsp3) is 0.312. The zero-order valence-electron chi connectivity index (χ0n) is 11.6. The smallest absolute Gasteiger partial charge is 0.178 e. The number of aromatic amines is 1. The van der Waals surface area contributed by atoms with Crippen LogP contribution >= 0.6 is 23.6 Å². The molecule has 1 aliphatic rings. The van der Waals surface area contributed by atoms with E-state index in [0.717, 1.165) is 23.9 Å². The molecule has 5 heteroatoms. The summed E-state index contributed by atoms with van der Waals surface area (Å²) in [5.41, 5.74) is 3.82. The molecule has 0 amide bonds. The number of halogens is 1. The molecule has 1 unspecified atom stereocenters. The molecule has 2 heterocycles. The zero-order chi connectivity index (χ0) is 14.6. The zero-order valence-corrected chi connectivity index (χ0v) is 13.3. The van der Waals surface area contributed by atoms with Crippen molar-refractivity contribution in [3.05, 3.63) is 50.2 Å². The van der Waals surface area contributed by atoms with Gasteiger partial charge in [0.2, 0.25) is 0 Å². The highest BCUT2D eigenvalue weighted by molar-refractivity contribution is 7.71. The van der Waals surface area contributed by atoms with Crippen molar-refractivity contribution < 1.29 is 4.39 Å². The first-order valence-corrected chi connectivity index (χ1v) is 8.40. The van der Waals surface area contributed by atoms with Crippen molar-refractivity contribution in [2.24, 2.45) is 0 Å². The van der Waals surface area contributed by atoms with Crippen LogP contribution in [0.1, 0.15) is 34.9 Å². The van der Waals surface area contributed by atoms with Gasteiger partial charge in [-0.15, -0.1) is 11.3 Å². The minimum absolute atomic E-state index is 0.189. The molecular weight excluding hydrogens is 303 g/mol. The summed E-state index contributed by atoms with van der Waals surface area (Å²) in [7, 11) is 0. The van der Waals surface area contributed by atoms with Crippen LogP contribution in [-0.2, 0) is 6.42 Å². The summed E-state index contributed by atoms with van der Waals surface area (Å²) in [6.07, 6.45) is 3.42. The molecule has 1 aromatic carbocycles. The molecule has 108 valence electrons. The largest absolute Gasteiger partial charge is 0.330 e. The third-order valence-electron chi connectivity index (χ3n) is 4.33. The molecule has 0 spiro atoms. The number of benzene rings is 1. The number of nitrogens with one attached hydrogen (secondary N) is 1. The van der Waals surface area contributed by atoms with Gasteiger partial charge >= 0.3 is 0 Å². The van der Waals surface area contributed by atoms with E-state index < -0.39 is 0 Å². The van der Waals surface area contributed by atoms with Crippen molar-refractivity contribution in [2.45, 2.75) is 32.2 Å². The van der Waals surface area contributed by atoms with Crippen LogP contribution < -0.4 is 0 Å². The molecule has 0 saturated heterocycles. The number of hydrogen-bond donors (Lipinski definition) is 1. The summed E-state index contributed by atoms with van der Waals surface area (Å²) in [6.45, 7) is 1.80. The fourth-order valence-electron chi connectivity index (χ4n) is 3.29. The topological polar surface area (TPSA) is 20.7 Å². The van der Waals surface area contributed by atoms with Gasteiger partial charge in [0.15, 0.2) is 4.77 Å². The van der Waals surface area contributed by atoms with E-state index in [1.807, 2.05) is 17.4 Å². The van der Waals surface area contributed by atoms with Crippen LogP contribution in [0.15, 0.2) is 23.6 Å². The SMILES string of the molecule is Cc1cc2c(cc1F)[nH]c(=S)n2C1CCCc2sccc21. The molecule has 0 bridgehead atoms. The van der Waals surface area contributed by atoms with Crippen LogP contribution in [0.25, 0.3) is 11.0 Å². The second-order valence-corrected chi connectivity index (χ2v) is 7.01. The van der Waals surface area contributed by atoms with Gasteiger partial charge in [0.05, 0.1) is 17.1 Å². The molecule has 0 aliphatic heterocycles. The van der Waals surface area contributed by atoms with Gasteiger partial charge in [0, 0.05) is 4.88 Å². The summed E-state index contributed by atoms with van der Waals surface area (Å²) < 4.78 is 16.6. The maximum absolute atomic E-state index is 13.8. The second kappa shape index (κ2) is 4.78. The third kappa shape index (κ3) is 1.99. The average molecular weight is 318 g/mol. The van der Waals surface area contributed by atoms with Gasteiger partial charge < -0.3 is 9.55 Å². The summed E-state index contributed by atoms with van der Waals surface area (Å²) in [5, 5.41) is 2.16. The lowest BCUT2D eigenvalue weighted by atomic mass is 9.93. The van der Waals surface area contributed by atoms with Gasteiger partial charge in [-0.3, -0.25) is 0 Å². The van der Waals surface area contributed by atoms with Crippen LogP contribution in [0.4, 0.5) is 4.39 Å². The lowest BCUT2D eigenvalue weighted by Gasteiger charge is -2.24. The summed E-state index contributed by atoms with van der Waals surface area (Å²) in [5.74, 6) is -0.189. The molecule has 21 heavy (non-hydrogen) atoms. The van der Waals surface area contributed by atoms with E-state index in [2.05, 4.69) is 21.0 Å². The van der Waals surface area contributed by atoms with Crippen LogP contribution in [0, 0.1) is 17.5 Å². The van der Waals surface area contributed by atoms with Crippen molar-refractivity contribution in [1.82, 2.24) is 9.55 Å². The van der Waals surface area contributed by atoms with Gasteiger partial charge in [0.1, 0.15) is 5.82 Å². The Morgan fingerprint density at radius 3 is 3.14 bits per heavy atom. The van der Waals surface area contributed by atoms with Gasteiger partial charge in [-0.2, -0.15) is 0 Å². The number of aromatic nitrogens is 2. The molecule has 0 fully saturated rings. The molecular formula is C16H15FN2S2. The van der Waals surface area contributed by atoms with E-state index in [1.165, 1.54) is 16.9 Å². The van der Waals surface area contributed by atoms with E-state index >= 15 is 0 Å². The number of hydrogen-bond acceptors (Lipinski definition) is 2. The molecule has 4 rings (SSSR count). The quantitative estimate of drug-likeness (QED) is 0.617. The third-order valence-corrected chi connectivity index (χ3v) is 5.62. The predicted molar refractivity (Wildman–Crippen MR) is 87.2 cm³/mol. The number of rotatable bonds is 1. The van der Waals surface area contributed by atoms with Crippen molar-refractivity contribution in [2.75, 3.05) is 0 Å². The van der Waals surface area contributed by atoms with Crippen LogP contribution in [0.3, 0.4) is 0 Å². The van der Waals surface area contributed by atoms with Crippen LogP contribution in [0.2, 0.25) is 0 Å². The van der Waals surface area contributed by atoms with Crippen molar-refractivity contribution in [3.8, 4) is 0 Å². The van der Waals surface area contributed by atoms with Gasteiger partial charge in [-0.25, -0.2) is 4.39 Å². The van der Waals surface area contributed by atoms with Crippen molar-refractivity contribution in [1.29, 1.82) is 0 Å². The number of thiophene rings is 1. The minimum atomic E-state index is -0.189. The van der Waals surface area contributed by atoms with Gasteiger partial charge in [-0.05, 0) is 73.1 Å². The first-order chi connectivity index (χ1) is 10.1. The maximum atomic E-state index is 13.8. The molecule has 1 N–H and O–H groups in total. The number of fused-ring (bicyclic) bond motifs is 2. The van der Waals surface area contributed by atoms with E-state index in [4.69, 9.17) is 12.2 Å². The number of imidazole rings is 1. The normalized spacial score (nSPS) is 18.1. The van der Waals surface area contributed by atoms with E-state index in [0.29, 0.717) is 10.3 Å². The molecule has 0 radical (unpaired) electrons. The molecule has 1 aliphatic carbocycles. The van der Waals surface area contributed by atoms with Crippen LogP contribution in [-0.4, -0.2) is 9.55 Å². The lowest BCUT2D eigenvalue weighted by molar-refractivity contribution is 0.500. The van der Waals surface area contributed by atoms with Crippen molar-refractivity contribution in [3.63, 3.8) is 0 Å². The molecule has 2 aromatic heterocycles. The Kier molecular flexibility index (Phi) is 3.01. The highest BCUT2D eigenvalue weighted by Gasteiger charge is 2.25. The fourth-order valence-corrected chi connectivity index (χ4v) is 4.61. The Balaban J connectivity index is 1.98. The Bertz CT molecular complexity index is 887. The number of nitrogens with zero attached hydrogens (tertiary/aromatic N) is 1. The highest BCUT2D eigenvalue weighted by atomic mass is 32.1. The summed E-state index contributed by atoms with van der Waals surface area (Å²) >= 11 is 7.34. The van der Waals surface area contributed by atoms with Gasteiger partial charge in [0.25, 0.3) is 0 Å². The van der Waals surface area contributed by atoms with E-state index in [9.17, 15) is 4.39 Å². The minimum Gasteiger partial charge on any atom is -0.330 e. The molecule has 3 aromatic rings. The number of aryl methyl sites for hydroxylation is 2.